The number of carbonyl (C=O) groups excluding carboxylic acids is 1. The lowest BCUT2D eigenvalue weighted by Crippen LogP contribution is -2.06. The highest BCUT2D eigenvalue weighted by molar-refractivity contribution is 5.50. The third kappa shape index (κ3) is 60.8. The van der Waals surface area contributed by atoms with Crippen molar-refractivity contribution in [2.75, 3.05) is 14.2 Å². The number of hydrogen-bond donors (Lipinski definition) is 1. The van der Waals surface area contributed by atoms with E-state index in [9.17, 15) is 26.3 Å². The smallest absolute Gasteiger partial charge is 0.412 e. The van der Waals surface area contributed by atoms with Gasteiger partial charge in [-0.15, -0.1) is 0 Å². The maximum absolute atomic E-state index is 11.1. The zero-order valence-electron chi connectivity index (χ0n) is 9.47. The molecule has 0 fully saturated rings. The molecule has 0 saturated heterocycles. The zero-order valence-corrected chi connectivity index (χ0v) is 9.47. The van der Waals surface area contributed by atoms with Gasteiger partial charge in [0.15, 0.2) is 0 Å². The molecule has 4 nitrogen and oxygen atoms in total. The van der Waals surface area contributed by atoms with Crippen molar-refractivity contribution in [3.63, 3.8) is 0 Å². The van der Waals surface area contributed by atoms with Crippen LogP contribution in [0.5, 0.6) is 0 Å². The number of aliphatic hydroxyl groups excluding tert-OH is 1. The first-order valence-electron chi connectivity index (χ1n) is 3.84. The number of methoxy groups -OCH3 is 1. The molecule has 3 N–H and O–H groups in total. The van der Waals surface area contributed by atoms with Crippen molar-refractivity contribution < 1.29 is 46.5 Å². The van der Waals surface area contributed by atoms with Crippen LogP contribution in [-0.4, -0.2) is 43.4 Å². The van der Waals surface area contributed by atoms with Crippen LogP contribution < -0.4 is 0 Å². The van der Waals surface area contributed by atoms with Gasteiger partial charge in [0.1, 0.15) is 6.29 Å². The van der Waals surface area contributed by atoms with Gasteiger partial charge in [-0.25, -0.2) is 0 Å². The molecule has 0 atom stereocenters. The summed E-state index contributed by atoms with van der Waals surface area (Å²) in [6, 6.07) is 0. The van der Waals surface area contributed by atoms with E-state index in [4.69, 9.17) is 9.90 Å². The molecule has 0 spiro atoms. The fourth-order valence-electron chi connectivity index (χ4n) is 0.240. The molecule has 120 valence electrons. The van der Waals surface area contributed by atoms with Crippen molar-refractivity contribution in [2.24, 2.45) is 0 Å². The Kier molecular flexibility index (Phi) is 26.9. The van der Waals surface area contributed by atoms with Crippen LogP contribution in [0.3, 0.4) is 0 Å². The second-order valence-electron chi connectivity index (χ2n) is 2.07. The van der Waals surface area contributed by atoms with Crippen LogP contribution in [0.1, 0.15) is 13.8 Å². The molecular formula is C9H18F6O4. The number of carbonyl (C=O) groups is 1. The molecule has 0 aromatic carbocycles. The van der Waals surface area contributed by atoms with E-state index in [1.807, 2.05) is 0 Å². The first-order valence-corrected chi connectivity index (χ1v) is 3.84. The third-order valence-corrected chi connectivity index (χ3v) is 0.708. The Balaban J connectivity index is -0.0000000558. The van der Waals surface area contributed by atoms with E-state index in [1.165, 1.54) is 0 Å². The molecule has 0 radical (unpaired) electrons. The van der Waals surface area contributed by atoms with E-state index in [1.54, 1.807) is 0 Å². The van der Waals surface area contributed by atoms with Gasteiger partial charge in [-0.05, 0) is 0 Å². The second-order valence-corrected chi connectivity index (χ2v) is 2.07. The molecule has 0 aliphatic heterocycles. The first-order chi connectivity index (χ1) is 7.62. The SMILES string of the molecule is C.CO.CO/C=C/C(F)(F)F.O.O=CCC(F)(F)F. The van der Waals surface area contributed by atoms with Crippen molar-refractivity contribution in [2.45, 2.75) is 26.2 Å². The highest BCUT2D eigenvalue weighted by atomic mass is 19.4. The summed E-state index contributed by atoms with van der Waals surface area (Å²) >= 11 is 0. The van der Waals surface area contributed by atoms with E-state index in [0.29, 0.717) is 6.26 Å². The maximum atomic E-state index is 11.1. The lowest BCUT2D eigenvalue weighted by Gasteiger charge is -1.95. The summed E-state index contributed by atoms with van der Waals surface area (Å²) in [6.45, 7) is 0. The Morgan fingerprint density at radius 3 is 1.53 bits per heavy atom. The summed E-state index contributed by atoms with van der Waals surface area (Å²) in [5, 5.41) is 7.00. The summed E-state index contributed by atoms with van der Waals surface area (Å²) in [6.07, 6.45) is -9.47. The molecule has 0 aromatic heterocycles. The number of halogens is 6. The number of alkyl halides is 6. The molecule has 10 heteroatoms. The Morgan fingerprint density at radius 2 is 1.47 bits per heavy atom. The lowest BCUT2D eigenvalue weighted by molar-refractivity contribution is -0.144. The van der Waals surface area contributed by atoms with Crippen molar-refractivity contribution in [1.82, 2.24) is 0 Å². The van der Waals surface area contributed by atoms with E-state index in [-0.39, 0.29) is 25.3 Å². The molecule has 0 aliphatic carbocycles. The fraction of sp³-hybridized carbons (Fsp3) is 0.667. The number of aldehydes is 1. The lowest BCUT2D eigenvalue weighted by atomic mass is 10.5. The number of aliphatic hydroxyl groups is 1. The fourth-order valence-corrected chi connectivity index (χ4v) is 0.240. The average Bonchev–Trinajstić information content (AvgIpc) is 2.16. The summed E-state index contributed by atoms with van der Waals surface area (Å²) in [5.74, 6) is 0. The molecule has 0 unspecified atom stereocenters. The van der Waals surface area contributed by atoms with E-state index < -0.39 is 18.8 Å². The van der Waals surface area contributed by atoms with Crippen molar-refractivity contribution in [3.8, 4) is 0 Å². The van der Waals surface area contributed by atoms with Crippen LogP contribution in [0.4, 0.5) is 26.3 Å². The summed E-state index contributed by atoms with van der Waals surface area (Å²) in [5.41, 5.74) is 0. The predicted molar refractivity (Wildman–Crippen MR) is 57.4 cm³/mol. The third-order valence-electron chi connectivity index (χ3n) is 0.708. The average molecular weight is 304 g/mol. The number of rotatable bonds is 2. The van der Waals surface area contributed by atoms with Crippen molar-refractivity contribution in [1.29, 1.82) is 0 Å². The number of ether oxygens (including phenoxy) is 1. The normalized spacial score (nSPS) is 9.74. The van der Waals surface area contributed by atoms with Crippen LogP contribution in [0.15, 0.2) is 12.3 Å². The largest absolute Gasteiger partial charge is 0.504 e. The molecule has 0 amide bonds. The van der Waals surface area contributed by atoms with Gasteiger partial charge in [-0.3, -0.25) is 0 Å². The van der Waals surface area contributed by atoms with Gasteiger partial charge in [0.25, 0.3) is 0 Å². The quantitative estimate of drug-likeness (QED) is 0.483. The Morgan fingerprint density at radius 1 is 1.11 bits per heavy atom. The van der Waals surface area contributed by atoms with E-state index in [2.05, 4.69) is 4.74 Å². The minimum absolute atomic E-state index is 0. The van der Waals surface area contributed by atoms with Crippen LogP contribution in [0.2, 0.25) is 0 Å². The summed E-state index contributed by atoms with van der Waals surface area (Å²) < 4.78 is 69.7. The molecule has 19 heavy (non-hydrogen) atoms. The maximum Gasteiger partial charge on any atom is 0.412 e. The monoisotopic (exact) mass is 304 g/mol. The summed E-state index contributed by atoms with van der Waals surface area (Å²) in [4.78, 5) is 9.10. The highest BCUT2D eigenvalue weighted by Gasteiger charge is 2.25. The molecule has 0 heterocycles. The van der Waals surface area contributed by atoms with Gasteiger partial charge < -0.3 is 20.1 Å². The number of hydrogen-bond acceptors (Lipinski definition) is 3. The van der Waals surface area contributed by atoms with Gasteiger partial charge >= 0.3 is 12.4 Å². The minimum atomic E-state index is -4.32. The van der Waals surface area contributed by atoms with Crippen LogP contribution in [0.25, 0.3) is 0 Å². The summed E-state index contributed by atoms with van der Waals surface area (Å²) in [7, 11) is 2.16. The minimum Gasteiger partial charge on any atom is -0.504 e. The van der Waals surface area contributed by atoms with Crippen molar-refractivity contribution >= 4 is 6.29 Å². The van der Waals surface area contributed by atoms with E-state index in [0.717, 1.165) is 14.2 Å². The topological polar surface area (TPSA) is 78.0 Å². The van der Waals surface area contributed by atoms with Crippen molar-refractivity contribution in [3.05, 3.63) is 12.3 Å². The molecule has 0 aliphatic rings. The zero-order chi connectivity index (χ0) is 14.5. The van der Waals surface area contributed by atoms with Crippen LogP contribution in [0, 0.1) is 0 Å². The molecule has 0 saturated carbocycles. The Bertz CT molecular complexity index is 200. The van der Waals surface area contributed by atoms with Crippen LogP contribution >= 0.6 is 0 Å². The van der Waals surface area contributed by atoms with Crippen LogP contribution in [-0.2, 0) is 9.53 Å². The molecule has 0 rings (SSSR count). The highest BCUT2D eigenvalue weighted by Crippen LogP contribution is 2.16. The van der Waals surface area contributed by atoms with Gasteiger partial charge in [0.2, 0.25) is 0 Å². The Hall–Kier alpha value is -1.29. The number of allylic oxidation sites excluding steroid dienone is 1. The first kappa shape index (κ1) is 30.6. The standard InChI is InChI=1S/C4H5F3O.C3H3F3O.CH4O.CH4.H2O/c1-8-3-2-4(5,6)7;4-3(5,6)1-2-7;1-2;;/h2-3H,1H3;2H,1H2;2H,1H3;1H4;1H2/b3-2+;;;;. The van der Waals surface area contributed by atoms with Gasteiger partial charge in [-0.2, -0.15) is 26.3 Å². The van der Waals surface area contributed by atoms with Gasteiger partial charge in [0.05, 0.1) is 25.9 Å². The molecule has 0 aromatic rings. The molecule has 0 bridgehead atoms. The van der Waals surface area contributed by atoms with Gasteiger partial charge in [-0.1, -0.05) is 7.43 Å². The molecular weight excluding hydrogens is 286 g/mol. The van der Waals surface area contributed by atoms with E-state index >= 15 is 0 Å². The Labute approximate surface area is 107 Å². The predicted octanol–water partition coefficient (Wildman–Crippen LogP) is 2.27. The van der Waals surface area contributed by atoms with Gasteiger partial charge in [0, 0.05) is 7.11 Å². The second kappa shape index (κ2) is 16.7.